The Morgan fingerprint density at radius 2 is 1.70 bits per heavy atom. The van der Waals surface area contributed by atoms with Crippen molar-refractivity contribution in [3.8, 4) is 0 Å². The number of carbonyl (C=O) groups is 3. The van der Waals surface area contributed by atoms with Gasteiger partial charge in [0, 0.05) is 17.5 Å². The van der Waals surface area contributed by atoms with E-state index in [4.69, 9.17) is 0 Å². The lowest BCUT2D eigenvalue weighted by Crippen LogP contribution is -2.17. The van der Waals surface area contributed by atoms with Gasteiger partial charge in [-0.15, -0.1) is 0 Å². The lowest BCUT2D eigenvalue weighted by molar-refractivity contribution is -0.116. The fraction of sp³-hybridized carbons (Fsp3) is 0.273. The zero-order valence-corrected chi connectivity index (χ0v) is 18.2. The van der Waals surface area contributed by atoms with Crippen LogP contribution < -0.4 is 10.6 Å². The fourth-order valence-electron chi connectivity index (χ4n) is 2.59. The first-order valence-electron chi connectivity index (χ1n) is 9.35. The van der Waals surface area contributed by atoms with Gasteiger partial charge in [0.05, 0.1) is 18.5 Å². The number of amidine groups is 1. The van der Waals surface area contributed by atoms with Crippen molar-refractivity contribution in [3.63, 3.8) is 0 Å². The van der Waals surface area contributed by atoms with E-state index in [0.29, 0.717) is 28.9 Å². The summed E-state index contributed by atoms with van der Waals surface area (Å²) in [6, 6.07) is 13.8. The molecule has 0 bridgehead atoms. The Kier molecular flexibility index (Phi) is 8.61. The molecule has 30 heavy (non-hydrogen) atoms. The summed E-state index contributed by atoms with van der Waals surface area (Å²) in [5.74, 6) is -0.108. The van der Waals surface area contributed by atoms with Crippen LogP contribution in [-0.4, -0.2) is 36.3 Å². The average molecular weight is 428 g/mol. The van der Waals surface area contributed by atoms with E-state index in [0.717, 1.165) is 0 Å². The molecule has 158 valence electrons. The van der Waals surface area contributed by atoms with Crippen LogP contribution in [-0.2, 0) is 9.53 Å². The molecular weight excluding hydrogens is 402 g/mol. The van der Waals surface area contributed by atoms with E-state index in [1.807, 2.05) is 19.9 Å². The van der Waals surface area contributed by atoms with Crippen molar-refractivity contribution >= 4 is 46.1 Å². The van der Waals surface area contributed by atoms with Crippen LogP contribution in [0.1, 0.15) is 36.2 Å². The Labute approximate surface area is 180 Å². The minimum atomic E-state index is -0.756. The number of aliphatic imine (C=N–C) groups is 1. The number of carbonyl (C=O) groups excluding carboxylic acids is 3. The number of amides is 2. The van der Waals surface area contributed by atoms with Crippen molar-refractivity contribution in [1.29, 1.82) is 0 Å². The molecule has 0 saturated heterocycles. The molecule has 2 amide bonds. The van der Waals surface area contributed by atoms with Crippen LogP contribution in [0.25, 0.3) is 0 Å². The van der Waals surface area contributed by atoms with Crippen molar-refractivity contribution in [1.82, 2.24) is 0 Å². The first-order valence-corrected chi connectivity index (χ1v) is 10.6. The monoisotopic (exact) mass is 427 g/mol. The second-order valence-corrected chi connectivity index (χ2v) is 7.61. The molecule has 0 aromatic heterocycles. The number of rotatable bonds is 6. The Bertz CT molecular complexity index is 943. The van der Waals surface area contributed by atoms with Crippen molar-refractivity contribution in [2.24, 2.45) is 10.9 Å². The third-order valence-corrected chi connectivity index (χ3v) is 4.57. The van der Waals surface area contributed by atoms with Gasteiger partial charge < -0.3 is 15.4 Å². The number of benzene rings is 2. The number of thioether (sulfide) groups is 1. The van der Waals surface area contributed by atoms with Gasteiger partial charge in [-0.3, -0.25) is 9.59 Å². The van der Waals surface area contributed by atoms with Crippen molar-refractivity contribution in [3.05, 3.63) is 59.7 Å². The summed E-state index contributed by atoms with van der Waals surface area (Å²) in [5, 5.41) is 6.13. The summed E-state index contributed by atoms with van der Waals surface area (Å²) >= 11 is 1.20. The van der Waals surface area contributed by atoms with Crippen LogP contribution in [0.4, 0.5) is 16.2 Å². The van der Waals surface area contributed by atoms with Crippen molar-refractivity contribution in [2.75, 3.05) is 24.0 Å². The van der Waals surface area contributed by atoms with E-state index < -0.39 is 6.09 Å². The van der Waals surface area contributed by atoms with E-state index >= 15 is 0 Å². The molecule has 0 unspecified atom stereocenters. The maximum Gasteiger partial charge on any atom is 0.435 e. The molecule has 2 N–H and O–H groups in total. The van der Waals surface area contributed by atoms with Gasteiger partial charge in [-0.1, -0.05) is 55.9 Å². The molecule has 0 radical (unpaired) electrons. The second kappa shape index (κ2) is 11.2. The van der Waals surface area contributed by atoms with Gasteiger partial charge in [-0.05, 0) is 30.4 Å². The predicted octanol–water partition coefficient (Wildman–Crippen LogP) is 4.80. The molecule has 2 rings (SSSR count). The average Bonchev–Trinajstić information content (AvgIpc) is 2.73. The van der Waals surface area contributed by atoms with E-state index in [1.165, 1.54) is 18.9 Å². The lowest BCUT2D eigenvalue weighted by atomic mass is 10.0. The van der Waals surface area contributed by atoms with Gasteiger partial charge in [0.1, 0.15) is 0 Å². The maximum atomic E-state index is 12.8. The van der Waals surface area contributed by atoms with Gasteiger partial charge in [-0.25, -0.2) is 4.79 Å². The minimum Gasteiger partial charge on any atom is -0.451 e. The maximum absolute atomic E-state index is 12.8. The predicted molar refractivity (Wildman–Crippen MR) is 121 cm³/mol. The Balaban J connectivity index is 2.41. The highest BCUT2D eigenvalue weighted by Gasteiger charge is 2.15. The summed E-state index contributed by atoms with van der Waals surface area (Å²) in [7, 11) is 1.24. The van der Waals surface area contributed by atoms with Crippen LogP contribution in [0, 0.1) is 5.92 Å². The first-order chi connectivity index (χ1) is 14.3. The van der Waals surface area contributed by atoms with Gasteiger partial charge in [0.15, 0.2) is 11.0 Å². The molecule has 8 heteroatoms. The molecule has 2 aromatic carbocycles. The summed E-state index contributed by atoms with van der Waals surface area (Å²) in [6.45, 7) is 3.91. The Morgan fingerprint density at radius 3 is 2.30 bits per heavy atom. The van der Waals surface area contributed by atoms with Gasteiger partial charge in [0.25, 0.3) is 0 Å². The van der Waals surface area contributed by atoms with Crippen LogP contribution in [0.2, 0.25) is 0 Å². The van der Waals surface area contributed by atoms with Crippen molar-refractivity contribution < 1.29 is 19.1 Å². The highest BCUT2D eigenvalue weighted by atomic mass is 32.2. The molecule has 2 aromatic rings. The number of ketones is 1. The van der Waals surface area contributed by atoms with Crippen LogP contribution in [0.5, 0.6) is 0 Å². The summed E-state index contributed by atoms with van der Waals surface area (Å²) in [6.07, 6.45) is 1.34. The van der Waals surface area contributed by atoms with Gasteiger partial charge in [-0.2, -0.15) is 4.99 Å². The zero-order valence-electron chi connectivity index (χ0n) is 17.4. The number of hydrogen-bond acceptors (Lipinski definition) is 5. The molecule has 0 fully saturated rings. The number of nitrogens with one attached hydrogen (secondary N) is 2. The standard InChI is InChI=1S/C22H25N3O4S/c1-14(2)12-19(26)23-17-11-10-16(20(27)15-8-6-5-7-9-15)13-18(17)24-21(30-4)25-22(28)29-3/h5-11,13-14H,12H2,1-4H3,(H,23,26)(H,24,25,28). The fourth-order valence-corrected chi connectivity index (χ4v) is 2.97. The quantitative estimate of drug-likeness (QED) is 0.390. The summed E-state index contributed by atoms with van der Waals surface area (Å²) in [4.78, 5) is 40.5. The zero-order chi connectivity index (χ0) is 22.1. The molecule has 0 spiro atoms. The molecule has 0 heterocycles. The normalized spacial score (nSPS) is 11.2. The molecule has 0 aliphatic rings. The van der Waals surface area contributed by atoms with Gasteiger partial charge in [0.2, 0.25) is 5.91 Å². The van der Waals surface area contributed by atoms with E-state index in [9.17, 15) is 14.4 Å². The van der Waals surface area contributed by atoms with Crippen LogP contribution in [0.3, 0.4) is 0 Å². The summed E-state index contributed by atoms with van der Waals surface area (Å²) in [5.41, 5.74) is 1.92. The number of methoxy groups -OCH3 is 1. The van der Waals surface area contributed by atoms with Crippen molar-refractivity contribution in [2.45, 2.75) is 20.3 Å². The van der Waals surface area contributed by atoms with Gasteiger partial charge >= 0.3 is 6.09 Å². The highest BCUT2D eigenvalue weighted by molar-refractivity contribution is 8.13. The van der Waals surface area contributed by atoms with Crippen LogP contribution >= 0.6 is 11.8 Å². The summed E-state index contributed by atoms with van der Waals surface area (Å²) < 4.78 is 4.57. The SMILES string of the molecule is COC(=O)N=C(Nc1cc(C(=O)c2ccccc2)ccc1NC(=O)CC(C)C)SC. The Morgan fingerprint density at radius 1 is 1.00 bits per heavy atom. The molecule has 7 nitrogen and oxygen atoms in total. The van der Waals surface area contributed by atoms with Crippen LogP contribution in [0.15, 0.2) is 53.5 Å². The number of nitrogens with zero attached hydrogens (tertiary/aromatic N) is 1. The molecule has 0 aliphatic carbocycles. The second-order valence-electron chi connectivity index (χ2n) is 6.82. The topological polar surface area (TPSA) is 96.9 Å². The minimum absolute atomic E-state index is 0.147. The Hall–Kier alpha value is -3.13. The number of anilines is 2. The molecule has 0 atom stereocenters. The lowest BCUT2D eigenvalue weighted by Gasteiger charge is -2.15. The number of ether oxygens (including phenoxy) is 1. The third kappa shape index (κ3) is 6.73. The largest absolute Gasteiger partial charge is 0.451 e. The van der Waals surface area contributed by atoms with E-state index in [-0.39, 0.29) is 22.8 Å². The molecule has 0 aliphatic heterocycles. The smallest absolute Gasteiger partial charge is 0.435 e. The highest BCUT2D eigenvalue weighted by Crippen LogP contribution is 2.26. The number of hydrogen-bond donors (Lipinski definition) is 2. The third-order valence-electron chi connectivity index (χ3n) is 3.99. The van der Waals surface area contributed by atoms with E-state index in [2.05, 4.69) is 20.4 Å². The van der Waals surface area contributed by atoms with E-state index in [1.54, 1.807) is 48.7 Å². The molecule has 0 saturated carbocycles. The molecular formula is C22H25N3O4S. The first kappa shape index (κ1) is 23.2.